The van der Waals surface area contributed by atoms with E-state index in [0.717, 1.165) is 65.0 Å². The van der Waals surface area contributed by atoms with Gasteiger partial charge in [0.25, 0.3) is 0 Å². The van der Waals surface area contributed by atoms with Crippen LogP contribution in [-0.2, 0) is 24.2 Å². The number of nitrogens with zero attached hydrogens (tertiary/aromatic N) is 5. The van der Waals surface area contributed by atoms with Crippen LogP contribution in [0.15, 0.2) is 30.3 Å². The van der Waals surface area contributed by atoms with E-state index in [0.29, 0.717) is 30.9 Å². The first-order chi connectivity index (χ1) is 19.6. The fraction of sp³-hybridized carbons (Fsp3) is 0.452. The van der Waals surface area contributed by atoms with Gasteiger partial charge in [-0.2, -0.15) is 5.10 Å². The molecule has 3 N–H and O–H groups in total. The Balaban J connectivity index is 1.28. The monoisotopic (exact) mass is 559 g/mol. The lowest BCUT2D eigenvalue weighted by molar-refractivity contribution is -0.150. The molecule has 4 heterocycles. The number of phenols is 1. The third kappa shape index (κ3) is 4.68. The van der Waals surface area contributed by atoms with Crippen molar-refractivity contribution in [2.24, 2.45) is 0 Å². The number of hydrogen-bond donors (Lipinski definition) is 3. The summed E-state index contributed by atoms with van der Waals surface area (Å²) in [6, 6.07) is 8.52. The summed E-state index contributed by atoms with van der Waals surface area (Å²) < 4.78 is 14.2. The van der Waals surface area contributed by atoms with Crippen molar-refractivity contribution in [1.82, 2.24) is 34.9 Å². The van der Waals surface area contributed by atoms with Gasteiger partial charge in [-0.25, -0.2) is 9.37 Å². The van der Waals surface area contributed by atoms with Gasteiger partial charge < -0.3 is 19.9 Å². The Kier molecular flexibility index (Phi) is 6.86. The van der Waals surface area contributed by atoms with Gasteiger partial charge in [0.05, 0.1) is 28.5 Å². The van der Waals surface area contributed by atoms with Crippen molar-refractivity contribution >= 4 is 16.8 Å². The molecule has 1 atom stereocenters. The molecule has 0 aliphatic carbocycles. The molecule has 216 valence electrons. The van der Waals surface area contributed by atoms with Crippen LogP contribution in [0.25, 0.3) is 33.5 Å². The Bertz CT molecular complexity index is 1620. The number of hydrogen-bond acceptors (Lipinski definition) is 6. The van der Waals surface area contributed by atoms with E-state index < -0.39 is 5.82 Å². The number of rotatable bonds is 7. The van der Waals surface area contributed by atoms with Crippen molar-refractivity contribution in [2.75, 3.05) is 33.7 Å². The Hall–Kier alpha value is -3.76. The fourth-order valence-electron chi connectivity index (χ4n) is 6.21. The first-order valence-electron chi connectivity index (χ1n) is 14.4. The third-order valence-electron chi connectivity index (χ3n) is 8.95. The van der Waals surface area contributed by atoms with E-state index in [1.54, 1.807) is 0 Å². The van der Waals surface area contributed by atoms with Crippen molar-refractivity contribution in [1.29, 1.82) is 0 Å². The van der Waals surface area contributed by atoms with Crippen molar-refractivity contribution in [3.8, 4) is 28.4 Å². The van der Waals surface area contributed by atoms with E-state index in [-0.39, 0.29) is 23.2 Å². The number of aromatic hydroxyl groups is 1. The first kappa shape index (κ1) is 27.4. The van der Waals surface area contributed by atoms with Gasteiger partial charge in [-0.1, -0.05) is 19.9 Å². The molecule has 0 radical (unpaired) electrons. The van der Waals surface area contributed by atoms with Crippen LogP contribution in [0, 0.1) is 5.82 Å². The number of fused-ring (bicyclic) bond motifs is 2. The SMILES string of the molecule is CCCN1Cc2[nH]c(-c3n[nH]c4cc(-c5cc(F)c(O)cc5CC)ccc34)nc2CC1C(=O)N1CC(C)(N(C)C)C1. The molecule has 2 aromatic heterocycles. The van der Waals surface area contributed by atoms with E-state index in [1.807, 2.05) is 30.0 Å². The Morgan fingerprint density at radius 1 is 1.22 bits per heavy atom. The van der Waals surface area contributed by atoms with Gasteiger partial charge in [0.15, 0.2) is 17.4 Å². The van der Waals surface area contributed by atoms with Crippen LogP contribution in [-0.4, -0.2) is 91.2 Å². The molecule has 6 rings (SSSR count). The second kappa shape index (κ2) is 10.3. The van der Waals surface area contributed by atoms with Crippen molar-refractivity contribution in [3.05, 3.63) is 53.1 Å². The van der Waals surface area contributed by atoms with Crippen molar-refractivity contribution in [2.45, 2.75) is 58.2 Å². The molecule has 9 nitrogen and oxygen atoms in total. The molecule has 2 aromatic carbocycles. The van der Waals surface area contributed by atoms with Crippen LogP contribution < -0.4 is 0 Å². The van der Waals surface area contributed by atoms with Gasteiger partial charge >= 0.3 is 0 Å². The molecule has 2 aliphatic rings. The minimum absolute atomic E-state index is 0.0278. The van der Waals surface area contributed by atoms with Crippen molar-refractivity contribution < 1.29 is 14.3 Å². The number of phenolic OH excluding ortho intramolecular Hbond substituents is 1. The lowest BCUT2D eigenvalue weighted by Gasteiger charge is -2.53. The summed E-state index contributed by atoms with van der Waals surface area (Å²) in [7, 11) is 4.14. The number of imidazole rings is 1. The Morgan fingerprint density at radius 3 is 2.71 bits per heavy atom. The summed E-state index contributed by atoms with van der Waals surface area (Å²) in [6.07, 6.45) is 2.20. The predicted octanol–water partition coefficient (Wildman–Crippen LogP) is 4.33. The number of carbonyl (C=O) groups excluding carboxylic acids is 1. The largest absolute Gasteiger partial charge is 0.505 e. The van der Waals surface area contributed by atoms with Crippen LogP contribution in [0.5, 0.6) is 5.75 Å². The fourth-order valence-corrected chi connectivity index (χ4v) is 6.21. The number of carbonyl (C=O) groups is 1. The quantitative estimate of drug-likeness (QED) is 0.312. The number of H-pyrrole nitrogens is 2. The molecular formula is C31H38FN7O2. The molecular weight excluding hydrogens is 521 g/mol. The number of aromatic nitrogens is 4. The van der Waals surface area contributed by atoms with Gasteiger partial charge in [-0.15, -0.1) is 0 Å². The molecule has 1 saturated heterocycles. The van der Waals surface area contributed by atoms with Gasteiger partial charge in [-0.05, 0) is 81.4 Å². The number of amides is 1. The van der Waals surface area contributed by atoms with Crippen LogP contribution >= 0.6 is 0 Å². The van der Waals surface area contributed by atoms with Gasteiger partial charge in [0.1, 0.15) is 5.69 Å². The topological polar surface area (TPSA) is 104 Å². The molecule has 0 spiro atoms. The summed E-state index contributed by atoms with van der Waals surface area (Å²) >= 11 is 0. The average molecular weight is 560 g/mol. The highest BCUT2D eigenvalue weighted by Gasteiger charge is 2.46. The van der Waals surface area contributed by atoms with Crippen LogP contribution in [0.3, 0.4) is 0 Å². The summed E-state index contributed by atoms with van der Waals surface area (Å²) in [6.45, 7) is 9.28. The first-order valence-corrected chi connectivity index (χ1v) is 14.4. The summed E-state index contributed by atoms with van der Waals surface area (Å²) in [5.74, 6) is -0.121. The van der Waals surface area contributed by atoms with Crippen LogP contribution in [0.2, 0.25) is 0 Å². The number of aryl methyl sites for hydroxylation is 1. The summed E-state index contributed by atoms with van der Waals surface area (Å²) in [4.78, 5) is 28.5. The maximum atomic E-state index is 14.2. The molecule has 1 fully saturated rings. The Morgan fingerprint density at radius 2 is 2.00 bits per heavy atom. The van der Waals surface area contributed by atoms with E-state index >= 15 is 0 Å². The van der Waals surface area contributed by atoms with E-state index in [9.17, 15) is 14.3 Å². The average Bonchev–Trinajstić information content (AvgIpc) is 3.54. The molecule has 1 amide bonds. The van der Waals surface area contributed by atoms with E-state index in [2.05, 4.69) is 52.9 Å². The highest BCUT2D eigenvalue weighted by Crippen LogP contribution is 2.35. The number of aromatic amines is 2. The number of likely N-dealkylation sites (N-methyl/N-ethyl adjacent to an activating group) is 1. The zero-order valence-corrected chi connectivity index (χ0v) is 24.4. The minimum atomic E-state index is -0.640. The summed E-state index contributed by atoms with van der Waals surface area (Å²) in [5, 5.41) is 18.4. The van der Waals surface area contributed by atoms with Crippen LogP contribution in [0.1, 0.15) is 44.1 Å². The normalized spacial score (nSPS) is 18.6. The lowest BCUT2D eigenvalue weighted by Crippen LogP contribution is -2.70. The van der Waals surface area contributed by atoms with E-state index in [1.165, 1.54) is 12.1 Å². The lowest BCUT2D eigenvalue weighted by atomic mass is 9.89. The molecule has 0 bridgehead atoms. The number of halogens is 1. The molecule has 4 aromatic rings. The van der Waals surface area contributed by atoms with Crippen molar-refractivity contribution in [3.63, 3.8) is 0 Å². The minimum Gasteiger partial charge on any atom is -0.505 e. The Labute approximate surface area is 239 Å². The molecule has 1 unspecified atom stereocenters. The third-order valence-corrected chi connectivity index (χ3v) is 8.95. The maximum Gasteiger partial charge on any atom is 0.240 e. The van der Waals surface area contributed by atoms with Gasteiger partial charge in [-0.3, -0.25) is 14.8 Å². The standard InChI is InChI=1S/C31H38FN7O2/c1-6-10-38-15-25-24(14-26(38)30(41)39-16-31(3,17-39)37(4)5)33-29(34-25)28-20-9-8-19(11-23(20)35-36-28)21-13-22(32)27(40)12-18(21)7-2/h8-9,11-13,26,40H,6-7,10,14-17H2,1-5H3,(H,33,34)(H,35,36). The number of likely N-dealkylation sites (tertiary alicyclic amines) is 1. The van der Waals surface area contributed by atoms with Gasteiger partial charge in [0, 0.05) is 31.4 Å². The second-order valence-corrected chi connectivity index (χ2v) is 11.9. The molecule has 0 saturated carbocycles. The number of benzene rings is 2. The smallest absolute Gasteiger partial charge is 0.240 e. The second-order valence-electron chi connectivity index (χ2n) is 11.9. The van der Waals surface area contributed by atoms with E-state index in [4.69, 9.17) is 4.98 Å². The van der Waals surface area contributed by atoms with Crippen LogP contribution in [0.4, 0.5) is 4.39 Å². The molecule has 10 heteroatoms. The zero-order chi connectivity index (χ0) is 29.1. The maximum absolute atomic E-state index is 14.2. The molecule has 41 heavy (non-hydrogen) atoms. The number of nitrogens with one attached hydrogen (secondary N) is 2. The zero-order valence-electron chi connectivity index (χ0n) is 24.4. The highest BCUT2D eigenvalue weighted by molar-refractivity contribution is 5.94. The predicted molar refractivity (Wildman–Crippen MR) is 157 cm³/mol. The molecule has 2 aliphatic heterocycles. The summed E-state index contributed by atoms with van der Waals surface area (Å²) in [5.41, 5.74) is 5.95. The highest BCUT2D eigenvalue weighted by atomic mass is 19.1. The van der Waals surface area contributed by atoms with Gasteiger partial charge in [0.2, 0.25) is 5.91 Å².